The SMILES string of the molecule is CN1CCC2=C3C1=CC(=NC=Cc1ccc(O)cc1)C([O-])=C3[NH+](C)C2. The van der Waals surface area contributed by atoms with E-state index in [4.69, 9.17) is 0 Å². The Kier molecular flexibility index (Phi) is 3.73. The first-order valence-corrected chi connectivity index (χ1v) is 8.48. The Labute approximate surface area is 147 Å². The maximum absolute atomic E-state index is 12.9. The van der Waals surface area contributed by atoms with Gasteiger partial charge < -0.3 is 20.0 Å². The molecule has 5 heteroatoms. The highest BCUT2D eigenvalue weighted by molar-refractivity contribution is 6.10. The number of allylic oxidation sites excluding steroid dienone is 1. The highest BCUT2D eigenvalue weighted by Gasteiger charge is 2.38. The van der Waals surface area contributed by atoms with Crippen LogP contribution in [0.25, 0.3) is 6.08 Å². The Hall–Kier alpha value is -2.79. The molecule has 1 unspecified atom stereocenters. The molecule has 2 N–H and O–H groups in total. The molecule has 0 amide bonds. The first-order valence-electron chi connectivity index (χ1n) is 8.48. The van der Waals surface area contributed by atoms with E-state index in [0.717, 1.165) is 46.9 Å². The Morgan fingerprint density at radius 1 is 1.28 bits per heavy atom. The minimum Gasteiger partial charge on any atom is -0.867 e. The summed E-state index contributed by atoms with van der Waals surface area (Å²) in [5, 5.41) is 22.2. The van der Waals surface area contributed by atoms with Crippen LogP contribution in [0.5, 0.6) is 5.75 Å². The number of nitrogens with zero attached hydrogens (tertiary/aromatic N) is 2. The summed E-state index contributed by atoms with van der Waals surface area (Å²) in [5.74, 6) is 0.256. The molecule has 0 saturated heterocycles. The van der Waals surface area contributed by atoms with Gasteiger partial charge in [0.2, 0.25) is 0 Å². The maximum Gasteiger partial charge on any atom is 0.135 e. The number of quaternary nitrogens is 1. The standard InChI is InChI=1S/C20H21N3O2/c1-22-10-8-14-12-23(2)19-18(14)17(22)11-16(20(19)25)21-9-7-13-3-5-15(24)6-4-13/h3-7,9,11,24-25H,8,10,12H2,1-2H3. The van der Waals surface area contributed by atoms with Crippen LogP contribution >= 0.6 is 0 Å². The molecule has 2 heterocycles. The lowest BCUT2D eigenvalue weighted by molar-refractivity contribution is -0.828. The van der Waals surface area contributed by atoms with E-state index >= 15 is 0 Å². The summed E-state index contributed by atoms with van der Waals surface area (Å²) in [5.41, 5.74) is 5.92. The van der Waals surface area contributed by atoms with Crippen LogP contribution in [0.15, 0.2) is 69.8 Å². The fourth-order valence-corrected chi connectivity index (χ4v) is 3.72. The van der Waals surface area contributed by atoms with Gasteiger partial charge in [0.15, 0.2) is 0 Å². The van der Waals surface area contributed by atoms with Gasteiger partial charge in [0, 0.05) is 25.4 Å². The Morgan fingerprint density at radius 2 is 2.04 bits per heavy atom. The van der Waals surface area contributed by atoms with Gasteiger partial charge >= 0.3 is 0 Å². The maximum atomic E-state index is 12.9. The number of phenols is 1. The van der Waals surface area contributed by atoms with Crippen LogP contribution in [-0.4, -0.2) is 42.9 Å². The van der Waals surface area contributed by atoms with Crippen molar-refractivity contribution in [1.29, 1.82) is 0 Å². The Morgan fingerprint density at radius 3 is 2.80 bits per heavy atom. The molecular weight excluding hydrogens is 314 g/mol. The van der Waals surface area contributed by atoms with Crippen molar-refractivity contribution >= 4 is 11.8 Å². The van der Waals surface area contributed by atoms with Crippen LogP contribution in [0.4, 0.5) is 0 Å². The minimum absolute atomic E-state index is 0.0249. The first-order chi connectivity index (χ1) is 12.0. The average molecular weight is 335 g/mol. The molecule has 4 rings (SSSR count). The second-order valence-electron chi connectivity index (χ2n) is 6.76. The van der Waals surface area contributed by atoms with E-state index in [1.54, 1.807) is 30.5 Å². The predicted molar refractivity (Wildman–Crippen MR) is 95.7 cm³/mol. The number of hydrogen-bond donors (Lipinski definition) is 2. The third-order valence-corrected chi connectivity index (χ3v) is 5.03. The monoisotopic (exact) mass is 335 g/mol. The molecule has 0 aromatic heterocycles. The fourth-order valence-electron chi connectivity index (χ4n) is 3.72. The van der Waals surface area contributed by atoms with E-state index in [9.17, 15) is 10.2 Å². The molecule has 0 bridgehead atoms. The van der Waals surface area contributed by atoms with Gasteiger partial charge in [0.25, 0.3) is 0 Å². The van der Waals surface area contributed by atoms with Crippen LogP contribution in [0, 0.1) is 0 Å². The van der Waals surface area contributed by atoms with Crippen LogP contribution in [0.2, 0.25) is 0 Å². The zero-order chi connectivity index (χ0) is 17.6. The molecule has 1 atom stereocenters. The predicted octanol–water partition coefficient (Wildman–Crippen LogP) is 0.434. The molecule has 1 aromatic rings. The number of benzene rings is 1. The molecule has 1 aliphatic carbocycles. The van der Waals surface area contributed by atoms with Gasteiger partial charge in [-0.15, -0.1) is 0 Å². The number of aliphatic imine (C=N–C) groups is 1. The number of hydrogen-bond acceptors (Lipinski definition) is 4. The van der Waals surface area contributed by atoms with E-state index in [1.807, 2.05) is 12.2 Å². The summed E-state index contributed by atoms with van der Waals surface area (Å²) in [6, 6.07) is 6.86. The number of nitrogens with one attached hydrogen (secondary N) is 1. The number of likely N-dealkylation sites (N-methyl/N-ethyl adjacent to an activating group) is 2. The van der Waals surface area contributed by atoms with Crippen molar-refractivity contribution < 1.29 is 15.1 Å². The van der Waals surface area contributed by atoms with E-state index < -0.39 is 0 Å². The van der Waals surface area contributed by atoms with Gasteiger partial charge in [-0.3, -0.25) is 4.99 Å². The quantitative estimate of drug-likeness (QED) is 0.824. The molecular formula is C20H21N3O2. The summed E-state index contributed by atoms with van der Waals surface area (Å²) in [7, 11) is 4.12. The normalized spacial score (nSPS) is 24.4. The third-order valence-electron chi connectivity index (χ3n) is 5.03. The Balaban J connectivity index is 1.70. The second kappa shape index (κ2) is 5.93. The third kappa shape index (κ3) is 2.66. The topological polar surface area (TPSA) is 63.3 Å². The van der Waals surface area contributed by atoms with Gasteiger partial charge in [0.1, 0.15) is 18.0 Å². The van der Waals surface area contributed by atoms with Gasteiger partial charge in [-0.05, 0) is 42.0 Å². The molecule has 0 fully saturated rings. The highest BCUT2D eigenvalue weighted by atomic mass is 16.3. The lowest BCUT2D eigenvalue weighted by atomic mass is 9.92. The van der Waals surface area contributed by atoms with Crippen LogP contribution < -0.4 is 10.0 Å². The van der Waals surface area contributed by atoms with Gasteiger partial charge in [0.05, 0.1) is 24.0 Å². The number of rotatable bonds is 2. The van der Waals surface area contributed by atoms with Crippen molar-refractivity contribution in [2.75, 3.05) is 27.2 Å². The molecule has 5 nitrogen and oxygen atoms in total. The molecule has 128 valence electrons. The number of phenolic OH excluding ortho intramolecular Hbond substituents is 1. The summed E-state index contributed by atoms with van der Waals surface area (Å²) >= 11 is 0. The van der Waals surface area contributed by atoms with Crippen molar-refractivity contribution in [3.8, 4) is 5.75 Å². The van der Waals surface area contributed by atoms with Crippen LogP contribution in [0.3, 0.4) is 0 Å². The molecule has 2 aliphatic heterocycles. The van der Waals surface area contributed by atoms with Crippen molar-refractivity contribution in [3.05, 3.63) is 70.4 Å². The molecule has 1 aromatic carbocycles. The van der Waals surface area contributed by atoms with Gasteiger partial charge in [-0.1, -0.05) is 12.1 Å². The minimum atomic E-state index is 0.0249. The highest BCUT2D eigenvalue weighted by Crippen LogP contribution is 2.35. The van der Waals surface area contributed by atoms with Crippen LogP contribution in [-0.2, 0) is 0 Å². The van der Waals surface area contributed by atoms with E-state index in [-0.39, 0.29) is 11.5 Å². The molecule has 0 saturated carbocycles. The second-order valence-corrected chi connectivity index (χ2v) is 6.76. The van der Waals surface area contributed by atoms with E-state index in [2.05, 4.69) is 24.0 Å². The van der Waals surface area contributed by atoms with Gasteiger partial charge in [-0.2, -0.15) is 0 Å². The smallest absolute Gasteiger partial charge is 0.135 e. The molecule has 0 spiro atoms. The summed E-state index contributed by atoms with van der Waals surface area (Å²) < 4.78 is 0. The number of aromatic hydroxyl groups is 1. The lowest BCUT2D eigenvalue weighted by Gasteiger charge is -2.33. The van der Waals surface area contributed by atoms with E-state index in [1.165, 1.54) is 5.57 Å². The fraction of sp³-hybridized carbons (Fsp3) is 0.250. The van der Waals surface area contributed by atoms with Gasteiger partial charge in [-0.25, -0.2) is 0 Å². The summed E-state index contributed by atoms with van der Waals surface area (Å²) in [4.78, 5) is 7.79. The summed E-state index contributed by atoms with van der Waals surface area (Å²) in [6.07, 6.45) is 6.43. The largest absolute Gasteiger partial charge is 0.867 e. The molecule has 0 radical (unpaired) electrons. The molecule has 25 heavy (non-hydrogen) atoms. The average Bonchev–Trinajstić information content (AvgIpc) is 2.93. The van der Waals surface area contributed by atoms with Crippen molar-refractivity contribution in [2.45, 2.75) is 6.42 Å². The van der Waals surface area contributed by atoms with E-state index in [0.29, 0.717) is 5.71 Å². The van der Waals surface area contributed by atoms with Crippen molar-refractivity contribution in [3.63, 3.8) is 0 Å². The molecule has 3 aliphatic rings. The zero-order valence-electron chi connectivity index (χ0n) is 14.4. The van der Waals surface area contributed by atoms with Crippen molar-refractivity contribution in [1.82, 2.24) is 4.90 Å². The lowest BCUT2D eigenvalue weighted by Crippen LogP contribution is -3.06. The zero-order valence-corrected chi connectivity index (χ0v) is 14.4. The first kappa shape index (κ1) is 15.7. The van der Waals surface area contributed by atoms with Crippen LogP contribution in [0.1, 0.15) is 12.0 Å². The Bertz CT molecular complexity index is 873. The summed E-state index contributed by atoms with van der Waals surface area (Å²) in [6.45, 7) is 1.90. The van der Waals surface area contributed by atoms with Crippen molar-refractivity contribution in [2.24, 2.45) is 4.99 Å².